The van der Waals surface area contributed by atoms with Gasteiger partial charge in [-0.3, -0.25) is 0 Å². The summed E-state index contributed by atoms with van der Waals surface area (Å²) in [4.78, 5) is 13.4. The standard InChI is InChI=1S/C24H23N5O2S2/c1-14(2)33(30,31)29-21-12-16(8-9-19(21)28-24(29)25)20-13-26-23(27-20)17-7-6-15(3)18(11-17)22-5-4-10-32-22/h4-14H,1-3H3,(H2,25,28)(H,26,27). The van der Waals surface area contributed by atoms with Crippen molar-refractivity contribution in [2.24, 2.45) is 0 Å². The van der Waals surface area contributed by atoms with Crippen molar-refractivity contribution in [2.45, 2.75) is 26.0 Å². The van der Waals surface area contributed by atoms with E-state index in [0.717, 1.165) is 26.6 Å². The number of imidazole rings is 2. The minimum absolute atomic E-state index is 0.0399. The molecule has 2 aromatic carbocycles. The molecule has 168 valence electrons. The second-order valence-corrected chi connectivity index (χ2v) is 11.5. The molecule has 0 saturated heterocycles. The zero-order chi connectivity index (χ0) is 23.3. The highest BCUT2D eigenvalue weighted by atomic mass is 32.2. The lowest BCUT2D eigenvalue weighted by atomic mass is 10.0. The van der Waals surface area contributed by atoms with Gasteiger partial charge in [0.1, 0.15) is 5.82 Å². The maximum Gasteiger partial charge on any atom is 0.244 e. The van der Waals surface area contributed by atoms with Gasteiger partial charge in [-0.2, -0.15) is 0 Å². The molecule has 9 heteroatoms. The number of fused-ring (bicyclic) bond motifs is 1. The van der Waals surface area contributed by atoms with Gasteiger partial charge in [-0.15, -0.1) is 11.3 Å². The number of aromatic nitrogens is 4. The normalized spacial score (nSPS) is 12.1. The number of hydrogen-bond acceptors (Lipinski definition) is 6. The maximum absolute atomic E-state index is 12.8. The minimum Gasteiger partial charge on any atom is -0.368 e. The number of nitrogens with zero attached hydrogens (tertiary/aromatic N) is 3. The lowest BCUT2D eigenvalue weighted by Gasteiger charge is -2.11. The van der Waals surface area contributed by atoms with Gasteiger partial charge in [-0.25, -0.2) is 22.4 Å². The van der Waals surface area contributed by atoms with Gasteiger partial charge < -0.3 is 10.7 Å². The molecule has 0 radical (unpaired) electrons. The summed E-state index contributed by atoms with van der Waals surface area (Å²) in [5.74, 6) is 0.702. The number of rotatable bonds is 5. The fourth-order valence-corrected chi connectivity index (χ4v) is 5.75. The van der Waals surface area contributed by atoms with Gasteiger partial charge in [0.2, 0.25) is 16.0 Å². The average molecular weight is 478 g/mol. The minimum atomic E-state index is -3.65. The quantitative estimate of drug-likeness (QED) is 0.357. The molecule has 0 amide bonds. The number of benzene rings is 2. The third kappa shape index (κ3) is 3.63. The highest BCUT2D eigenvalue weighted by Crippen LogP contribution is 2.33. The highest BCUT2D eigenvalue weighted by Gasteiger charge is 2.24. The number of anilines is 1. The van der Waals surface area contributed by atoms with E-state index in [9.17, 15) is 8.42 Å². The van der Waals surface area contributed by atoms with Gasteiger partial charge in [0.25, 0.3) is 0 Å². The fourth-order valence-electron chi connectivity index (χ4n) is 3.80. The van der Waals surface area contributed by atoms with Gasteiger partial charge in [0, 0.05) is 16.0 Å². The third-order valence-corrected chi connectivity index (χ3v) is 8.66. The smallest absolute Gasteiger partial charge is 0.244 e. The molecule has 3 aromatic heterocycles. The zero-order valence-electron chi connectivity index (χ0n) is 18.4. The number of nitrogen functional groups attached to an aromatic ring is 1. The molecule has 33 heavy (non-hydrogen) atoms. The number of thiophene rings is 1. The molecule has 0 aliphatic heterocycles. The molecule has 0 saturated carbocycles. The van der Waals surface area contributed by atoms with Crippen molar-refractivity contribution in [2.75, 3.05) is 5.73 Å². The lowest BCUT2D eigenvalue weighted by Crippen LogP contribution is -2.23. The molecular formula is C24H23N5O2S2. The van der Waals surface area contributed by atoms with Crippen LogP contribution >= 0.6 is 11.3 Å². The Bertz CT molecular complexity index is 1580. The first kappa shape index (κ1) is 21.4. The van der Waals surface area contributed by atoms with E-state index in [1.165, 1.54) is 16.0 Å². The van der Waals surface area contributed by atoms with E-state index in [4.69, 9.17) is 5.73 Å². The van der Waals surface area contributed by atoms with Gasteiger partial charge in [-0.05, 0) is 61.5 Å². The van der Waals surface area contributed by atoms with E-state index in [0.29, 0.717) is 11.0 Å². The third-order valence-electron chi connectivity index (χ3n) is 5.67. The van der Waals surface area contributed by atoms with E-state index in [-0.39, 0.29) is 5.95 Å². The van der Waals surface area contributed by atoms with Crippen LogP contribution in [-0.2, 0) is 10.0 Å². The molecule has 7 nitrogen and oxygen atoms in total. The summed E-state index contributed by atoms with van der Waals surface area (Å²) in [6.07, 6.45) is 1.75. The maximum atomic E-state index is 12.8. The zero-order valence-corrected chi connectivity index (χ0v) is 20.0. The molecule has 0 unspecified atom stereocenters. The molecule has 3 N–H and O–H groups in total. The number of hydrogen-bond donors (Lipinski definition) is 2. The van der Waals surface area contributed by atoms with Crippen LogP contribution in [0.25, 0.3) is 44.1 Å². The Kier molecular flexibility index (Phi) is 5.10. The first-order valence-corrected chi connectivity index (χ1v) is 12.9. The van der Waals surface area contributed by atoms with Crippen molar-refractivity contribution < 1.29 is 8.42 Å². The van der Waals surface area contributed by atoms with Crippen molar-refractivity contribution in [1.29, 1.82) is 0 Å². The first-order valence-electron chi connectivity index (χ1n) is 10.5. The van der Waals surface area contributed by atoms with E-state index >= 15 is 0 Å². The second kappa shape index (κ2) is 7.86. The topological polar surface area (TPSA) is 107 Å². The summed E-state index contributed by atoms with van der Waals surface area (Å²) in [6.45, 7) is 5.34. The van der Waals surface area contributed by atoms with Crippen LogP contribution in [0.3, 0.4) is 0 Å². The molecule has 5 aromatic rings. The van der Waals surface area contributed by atoms with Crippen LogP contribution in [0.15, 0.2) is 60.1 Å². The van der Waals surface area contributed by atoms with Crippen LogP contribution in [-0.4, -0.2) is 32.6 Å². The molecule has 5 rings (SSSR count). The molecule has 0 atom stereocenters. The van der Waals surface area contributed by atoms with E-state index in [1.54, 1.807) is 43.5 Å². The summed E-state index contributed by atoms with van der Waals surface area (Å²) in [5.41, 5.74) is 11.9. The first-order chi connectivity index (χ1) is 15.8. The van der Waals surface area contributed by atoms with Crippen LogP contribution in [0.5, 0.6) is 0 Å². The SMILES string of the molecule is Cc1ccc(-c2ncc(-c3ccc4nc(N)n(S(=O)(=O)C(C)C)c4c3)[nH]2)cc1-c1cccs1. The van der Waals surface area contributed by atoms with Crippen molar-refractivity contribution in [3.05, 3.63) is 65.7 Å². The van der Waals surface area contributed by atoms with Gasteiger partial charge >= 0.3 is 0 Å². The second-order valence-electron chi connectivity index (χ2n) is 8.18. The molecule has 3 heterocycles. The summed E-state index contributed by atoms with van der Waals surface area (Å²) in [6, 6.07) is 15.9. The predicted molar refractivity (Wildman–Crippen MR) is 135 cm³/mol. The van der Waals surface area contributed by atoms with E-state index in [2.05, 4.69) is 45.5 Å². The van der Waals surface area contributed by atoms with Crippen molar-refractivity contribution in [3.8, 4) is 33.1 Å². The van der Waals surface area contributed by atoms with Crippen LogP contribution in [0, 0.1) is 6.92 Å². The molecular weight excluding hydrogens is 454 g/mol. The highest BCUT2D eigenvalue weighted by molar-refractivity contribution is 7.90. The van der Waals surface area contributed by atoms with Gasteiger partial charge in [0.15, 0.2) is 0 Å². The molecule has 0 aliphatic rings. The lowest BCUT2D eigenvalue weighted by molar-refractivity contribution is 0.580. The van der Waals surface area contributed by atoms with Crippen molar-refractivity contribution in [3.63, 3.8) is 0 Å². The molecule has 0 bridgehead atoms. The summed E-state index contributed by atoms with van der Waals surface area (Å²) >= 11 is 1.71. The Labute approximate surface area is 196 Å². The summed E-state index contributed by atoms with van der Waals surface area (Å²) in [5, 5.41) is 1.44. The summed E-state index contributed by atoms with van der Waals surface area (Å²) < 4.78 is 26.8. The van der Waals surface area contributed by atoms with E-state index < -0.39 is 15.3 Å². The number of aryl methyl sites for hydroxylation is 1. The Hall–Kier alpha value is -3.43. The number of nitrogens with two attached hydrogens (primary N) is 1. The van der Waals surface area contributed by atoms with Crippen LogP contribution in [0.1, 0.15) is 19.4 Å². The molecule has 0 spiro atoms. The predicted octanol–water partition coefficient (Wildman–Crippen LogP) is 5.30. The number of H-pyrrole nitrogens is 1. The Morgan fingerprint density at radius 2 is 1.88 bits per heavy atom. The monoisotopic (exact) mass is 477 g/mol. The Balaban J connectivity index is 1.57. The molecule has 0 aliphatic carbocycles. The average Bonchev–Trinajstić information content (AvgIpc) is 3.53. The largest absolute Gasteiger partial charge is 0.368 e. The van der Waals surface area contributed by atoms with Crippen molar-refractivity contribution in [1.82, 2.24) is 18.9 Å². The number of aromatic amines is 1. The number of nitrogens with one attached hydrogen (secondary N) is 1. The Morgan fingerprint density at radius 1 is 1.09 bits per heavy atom. The van der Waals surface area contributed by atoms with Gasteiger partial charge in [-0.1, -0.05) is 24.3 Å². The Morgan fingerprint density at radius 3 is 2.61 bits per heavy atom. The summed E-state index contributed by atoms with van der Waals surface area (Å²) in [7, 11) is -3.65. The van der Waals surface area contributed by atoms with Crippen LogP contribution in [0.2, 0.25) is 0 Å². The molecule has 0 fully saturated rings. The van der Waals surface area contributed by atoms with Gasteiger partial charge in [0.05, 0.1) is 28.2 Å². The van der Waals surface area contributed by atoms with E-state index in [1.807, 2.05) is 18.2 Å². The van der Waals surface area contributed by atoms with Crippen molar-refractivity contribution >= 4 is 38.3 Å². The van der Waals surface area contributed by atoms with Crippen LogP contribution < -0.4 is 5.73 Å². The fraction of sp³-hybridized carbons (Fsp3) is 0.167. The van der Waals surface area contributed by atoms with Crippen LogP contribution in [0.4, 0.5) is 5.95 Å².